The molecule has 5 aromatic rings. The number of aromatic carboxylic acids is 1. The number of nitrogens with one attached hydrogen (secondary N) is 2. The molecule has 0 radical (unpaired) electrons. The number of benzene rings is 3. The zero-order valence-electron chi connectivity index (χ0n) is 22.7. The Balaban J connectivity index is 1.24. The second-order valence-corrected chi connectivity index (χ2v) is 11.2. The topological polar surface area (TPSA) is 95.4 Å². The quantitative estimate of drug-likeness (QED) is 0.166. The fourth-order valence-corrected chi connectivity index (χ4v) is 5.98. The second-order valence-electron chi connectivity index (χ2n) is 10.3. The molecule has 6 rings (SSSR count). The third-order valence-corrected chi connectivity index (χ3v) is 8.22. The minimum atomic E-state index is -0.935. The molecule has 41 heavy (non-hydrogen) atoms. The summed E-state index contributed by atoms with van der Waals surface area (Å²) in [6.45, 7) is 7.14. The summed E-state index contributed by atoms with van der Waals surface area (Å²) in [4.78, 5) is 22.6. The Morgan fingerprint density at radius 3 is 2.83 bits per heavy atom. The molecule has 0 unspecified atom stereocenters. The van der Waals surface area contributed by atoms with E-state index in [1.165, 1.54) is 11.3 Å². The molecule has 0 aliphatic carbocycles. The minimum absolute atomic E-state index is 0.270. The molecule has 3 N–H and O–H groups in total. The van der Waals surface area contributed by atoms with Crippen molar-refractivity contribution in [2.75, 3.05) is 19.6 Å². The van der Waals surface area contributed by atoms with Crippen LogP contribution in [-0.2, 0) is 32.7 Å². The molecule has 3 heterocycles. The molecule has 0 spiro atoms. The first-order chi connectivity index (χ1) is 19.9. The largest absolute Gasteiger partial charge is 0.489 e. The Morgan fingerprint density at radius 1 is 1.15 bits per heavy atom. The number of halogens is 2. The molecule has 3 aromatic carbocycles. The van der Waals surface area contributed by atoms with E-state index in [0.29, 0.717) is 29.7 Å². The molecule has 2 aromatic heterocycles. The lowest BCUT2D eigenvalue weighted by Gasteiger charge is -2.27. The zero-order chi connectivity index (χ0) is 28.5. The predicted molar refractivity (Wildman–Crippen MR) is 162 cm³/mol. The van der Waals surface area contributed by atoms with E-state index in [0.717, 1.165) is 71.7 Å². The van der Waals surface area contributed by atoms with Crippen LogP contribution < -0.4 is 10.1 Å². The molecule has 1 aliphatic heterocycles. The molecular formula is C31H31Cl2N5O3. The first kappa shape index (κ1) is 27.6. The number of carboxylic acid groups (broad SMARTS) is 1. The highest BCUT2D eigenvalue weighted by Crippen LogP contribution is 2.32. The van der Waals surface area contributed by atoms with Gasteiger partial charge in [0, 0.05) is 64.8 Å². The van der Waals surface area contributed by atoms with Crippen LogP contribution in [0, 0.1) is 0 Å². The number of hydrogen-bond donors (Lipinski definition) is 3. The number of likely N-dealkylation sites (N-methyl/N-ethyl adjacent to an activating group) is 1. The Bertz CT molecular complexity index is 1750. The average Bonchev–Trinajstić information content (AvgIpc) is 3.49. The van der Waals surface area contributed by atoms with Gasteiger partial charge in [0.05, 0.1) is 23.1 Å². The van der Waals surface area contributed by atoms with Gasteiger partial charge in [-0.1, -0.05) is 36.2 Å². The van der Waals surface area contributed by atoms with Crippen LogP contribution in [0.2, 0.25) is 10.0 Å². The van der Waals surface area contributed by atoms with Crippen molar-refractivity contribution in [1.82, 2.24) is 24.8 Å². The lowest BCUT2D eigenvalue weighted by molar-refractivity contribution is 0.0697. The predicted octanol–water partition coefficient (Wildman–Crippen LogP) is 6.27. The number of fused-ring (bicyclic) bond motifs is 4. The van der Waals surface area contributed by atoms with E-state index in [9.17, 15) is 9.90 Å². The summed E-state index contributed by atoms with van der Waals surface area (Å²) in [5.41, 5.74) is 6.43. The molecular weight excluding hydrogens is 561 g/mol. The van der Waals surface area contributed by atoms with Gasteiger partial charge in [-0.15, -0.1) is 0 Å². The van der Waals surface area contributed by atoms with Crippen LogP contribution in [0.4, 0.5) is 0 Å². The highest BCUT2D eigenvalue weighted by molar-refractivity contribution is 6.35. The maximum absolute atomic E-state index is 11.6. The molecule has 1 aliphatic rings. The molecule has 0 saturated carbocycles. The number of aromatic amines is 1. The number of ether oxygens (including phenoxy) is 1. The number of carboxylic acids is 1. The summed E-state index contributed by atoms with van der Waals surface area (Å²) in [5.74, 6) is 0.782. The molecule has 0 saturated heterocycles. The van der Waals surface area contributed by atoms with Gasteiger partial charge in [-0.05, 0) is 60.6 Å². The molecule has 0 amide bonds. The van der Waals surface area contributed by atoms with E-state index >= 15 is 0 Å². The van der Waals surface area contributed by atoms with Gasteiger partial charge in [0.1, 0.15) is 18.2 Å². The van der Waals surface area contributed by atoms with Crippen molar-refractivity contribution >= 4 is 51.1 Å². The van der Waals surface area contributed by atoms with Gasteiger partial charge in [-0.25, -0.2) is 9.78 Å². The van der Waals surface area contributed by atoms with Crippen molar-refractivity contribution in [3.05, 3.63) is 92.9 Å². The van der Waals surface area contributed by atoms with Gasteiger partial charge in [0.2, 0.25) is 0 Å². The van der Waals surface area contributed by atoms with Gasteiger partial charge < -0.3 is 24.7 Å². The highest BCUT2D eigenvalue weighted by Gasteiger charge is 2.23. The SMILES string of the molecule is CCNCCn1c(CN2CCc3[nH]c4ccc(OCc5ccc(Cl)cc5Cl)cc4c3C2)nc2ccc(C(=O)O)cc21. The number of imidazole rings is 1. The first-order valence-corrected chi connectivity index (χ1v) is 14.5. The average molecular weight is 593 g/mol. The Labute approximate surface area is 247 Å². The van der Waals surface area contributed by atoms with Crippen molar-refractivity contribution in [1.29, 1.82) is 0 Å². The smallest absolute Gasteiger partial charge is 0.335 e. The maximum Gasteiger partial charge on any atom is 0.335 e. The van der Waals surface area contributed by atoms with Crippen molar-refractivity contribution in [2.24, 2.45) is 0 Å². The highest BCUT2D eigenvalue weighted by atomic mass is 35.5. The van der Waals surface area contributed by atoms with Crippen molar-refractivity contribution in [2.45, 2.75) is 39.6 Å². The summed E-state index contributed by atoms with van der Waals surface area (Å²) < 4.78 is 8.27. The molecule has 0 fully saturated rings. The monoisotopic (exact) mass is 591 g/mol. The molecule has 212 valence electrons. The number of carbonyl (C=O) groups is 1. The molecule has 0 atom stereocenters. The summed E-state index contributed by atoms with van der Waals surface area (Å²) in [6, 6.07) is 16.7. The third kappa shape index (κ3) is 5.78. The number of nitrogens with zero attached hydrogens (tertiary/aromatic N) is 3. The molecule has 0 bridgehead atoms. The van der Waals surface area contributed by atoms with Crippen molar-refractivity contribution < 1.29 is 14.6 Å². The number of hydrogen-bond acceptors (Lipinski definition) is 5. The second kappa shape index (κ2) is 11.7. The molecule has 8 nitrogen and oxygen atoms in total. The van der Waals surface area contributed by atoms with Crippen LogP contribution in [0.15, 0.2) is 54.6 Å². The summed E-state index contributed by atoms with van der Waals surface area (Å²) in [5, 5.41) is 15.2. The molecule has 10 heteroatoms. The van der Waals surface area contributed by atoms with Crippen LogP contribution >= 0.6 is 23.2 Å². The van der Waals surface area contributed by atoms with Crippen LogP contribution in [-0.4, -0.2) is 50.1 Å². The lowest BCUT2D eigenvalue weighted by atomic mass is 10.0. The Kier molecular flexibility index (Phi) is 7.90. The maximum atomic E-state index is 11.6. The lowest BCUT2D eigenvalue weighted by Crippen LogP contribution is -2.31. The van der Waals surface area contributed by atoms with E-state index in [2.05, 4.69) is 38.8 Å². The van der Waals surface area contributed by atoms with Crippen LogP contribution in [0.3, 0.4) is 0 Å². The van der Waals surface area contributed by atoms with Crippen LogP contribution in [0.25, 0.3) is 21.9 Å². The van der Waals surface area contributed by atoms with Crippen molar-refractivity contribution in [3.8, 4) is 5.75 Å². The van der Waals surface area contributed by atoms with Gasteiger partial charge >= 0.3 is 5.97 Å². The van der Waals surface area contributed by atoms with E-state index in [1.807, 2.05) is 18.2 Å². The normalized spacial score (nSPS) is 13.6. The first-order valence-electron chi connectivity index (χ1n) is 13.8. The summed E-state index contributed by atoms with van der Waals surface area (Å²) in [6.07, 6.45) is 0.904. The number of H-pyrrole nitrogens is 1. The van der Waals surface area contributed by atoms with Crippen molar-refractivity contribution in [3.63, 3.8) is 0 Å². The van der Waals surface area contributed by atoms with Gasteiger partial charge in [0.25, 0.3) is 0 Å². The zero-order valence-corrected chi connectivity index (χ0v) is 24.2. The van der Waals surface area contributed by atoms with Crippen LogP contribution in [0.5, 0.6) is 5.75 Å². The van der Waals surface area contributed by atoms with E-state index in [1.54, 1.807) is 24.3 Å². The fraction of sp³-hybridized carbons (Fsp3) is 0.290. The fourth-order valence-electron chi connectivity index (χ4n) is 5.52. The van der Waals surface area contributed by atoms with Gasteiger partial charge in [0.15, 0.2) is 0 Å². The minimum Gasteiger partial charge on any atom is -0.489 e. The van der Waals surface area contributed by atoms with E-state index in [-0.39, 0.29) is 5.56 Å². The van der Waals surface area contributed by atoms with E-state index in [4.69, 9.17) is 32.9 Å². The Hall–Kier alpha value is -3.56. The third-order valence-electron chi connectivity index (χ3n) is 7.64. The van der Waals surface area contributed by atoms with Gasteiger partial charge in [-0.2, -0.15) is 0 Å². The number of aromatic nitrogens is 3. The summed E-state index contributed by atoms with van der Waals surface area (Å²) >= 11 is 12.4. The summed E-state index contributed by atoms with van der Waals surface area (Å²) in [7, 11) is 0. The number of rotatable bonds is 10. The van der Waals surface area contributed by atoms with E-state index < -0.39 is 5.97 Å². The standard InChI is InChI=1S/C31H31Cl2N5O3/c1-2-34-10-12-38-29-13-19(31(39)40)4-7-28(29)36-30(38)17-37-11-9-27-24(16-37)23-15-22(6-8-26(23)35-27)41-18-20-3-5-21(32)14-25(20)33/h3-8,13-15,34-35H,2,9-12,16-18H2,1H3,(H,39,40). The van der Waals surface area contributed by atoms with Gasteiger partial charge in [-0.3, -0.25) is 4.90 Å². The van der Waals surface area contributed by atoms with Crippen LogP contribution in [0.1, 0.15) is 39.9 Å². The Morgan fingerprint density at radius 2 is 2.02 bits per heavy atom.